The van der Waals surface area contributed by atoms with Crippen LogP contribution in [-0.2, 0) is 22.9 Å². The molecule has 0 spiro atoms. The van der Waals surface area contributed by atoms with Crippen molar-refractivity contribution in [2.75, 3.05) is 23.2 Å². The maximum atomic E-state index is 13.2. The Morgan fingerprint density at radius 2 is 1.70 bits per heavy atom. The van der Waals surface area contributed by atoms with Gasteiger partial charge < -0.3 is 10.6 Å². The number of hydrogen-bond donors (Lipinski definition) is 2. The molecule has 0 atom stereocenters. The minimum atomic E-state index is -3.77. The van der Waals surface area contributed by atoms with Crippen LogP contribution in [0, 0.1) is 0 Å². The van der Waals surface area contributed by atoms with Crippen molar-refractivity contribution in [2.24, 2.45) is 0 Å². The summed E-state index contributed by atoms with van der Waals surface area (Å²) < 4.78 is 27.6. The van der Waals surface area contributed by atoms with Crippen molar-refractivity contribution in [3.63, 3.8) is 0 Å². The number of para-hydroxylation sites is 1. The van der Waals surface area contributed by atoms with Gasteiger partial charge in [-0.2, -0.15) is 0 Å². The molecule has 3 aromatic rings. The van der Waals surface area contributed by atoms with Gasteiger partial charge in [0.1, 0.15) is 5.00 Å². The lowest BCUT2D eigenvalue weighted by Gasteiger charge is -2.23. The molecule has 1 heterocycles. The van der Waals surface area contributed by atoms with Crippen molar-refractivity contribution < 1.29 is 18.0 Å². The van der Waals surface area contributed by atoms with E-state index >= 15 is 0 Å². The van der Waals surface area contributed by atoms with Crippen LogP contribution >= 0.6 is 11.3 Å². The number of aryl methyl sites for hydroxylation is 1. The van der Waals surface area contributed by atoms with Gasteiger partial charge >= 0.3 is 0 Å². The van der Waals surface area contributed by atoms with E-state index in [4.69, 9.17) is 0 Å². The lowest BCUT2D eigenvalue weighted by molar-refractivity contribution is 0.0963. The highest BCUT2D eigenvalue weighted by Gasteiger charge is 2.28. The monoisotopic (exact) mass is 483 g/mol. The van der Waals surface area contributed by atoms with E-state index in [9.17, 15) is 18.0 Å². The van der Waals surface area contributed by atoms with Crippen molar-refractivity contribution in [1.29, 1.82) is 0 Å². The van der Waals surface area contributed by atoms with Gasteiger partial charge in [0.15, 0.2) is 0 Å². The molecule has 7 nitrogen and oxygen atoms in total. The number of hydrogen-bond acceptors (Lipinski definition) is 5. The van der Waals surface area contributed by atoms with Crippen molar-refractivity contribution in [1.82, 2.24) is 5.32 Å². The Hall–Kier alpha value is -3.17. The number of nitrogens with zero attached hydrogens (tertiary/aromatic N) is 1. The Labute approximate surface area is 197 Å². The van der Waals surface area contributed by atoms with E-state index in [2.05, 4.69) is 10.6 Å². The van der Waals surface area contributed by atoms with Crippen molar-refractivity contribution in [3.8, 4) is 0 Å². The Morgan fingerprint density at radius 3 is 2.33 bits per heavy atom. The van der Waals surface area contributed by atoms with Crippen molar-refractivity contribution in [2.45, 2.75) is 31.1 Å². The van der Waals surface area contributed by atoms with Gasteiger partial charge in [0.2, 0.25) is 0 Å². The second kappa shape index (κ2) is 9.36. The lowest BCUT2D eigenvalue weighted by atomic mass is 10.1. The third kappa shape index (κ3) is 4.38. The van der Waals surface area contributed by atoms with Crippen molar-refractivity contribution in [3.05, 3.63) is 76.2 Å². The molecule has 9 heteroatoms. The normalized spacial score (nSPS) is 12.8. The number of benzene rings is 2. The molecule has 0 radical (unpaired) electrons. The van der Waals surface area contributed by atoms with Crippen LogP contribution in [0.2, 0.25) is 0 Å². The van der Waals surface area contributed by atoms with E-state index in [1.54, 1.807) is 38.2 Å². The van der Waals surface area contributed by atoms with Crippen LogP contribution in [0.3, 0.4) is 0 Å². The Balaban J connectivity index is 1.57. The van der Waals surface area contributed by atoms with Gasteiger partial charge in [-0.05, 0) is 68.1 Å². The topological polar surface area (TPSA) is 95.6 Å². The van der Waals surface area contributed by atoms with Crippen LogP contribution in [-0.4, -0.2) is 33.8 Å². The van der Waals surface area contributed by atoms with Gasteiger partial charge in [-0.15, -0.1) is 11.3 Å². The van der Waals surface area contributed by atoms with Gasteiger partial charge in [-0.25, -0.2) is 8.42 Å². The first-order valence-electron chi connectivity index (χ1n) is 10.7. The summed E-state index contributed by atoms with van der Waals surface area (Å²) in [5, 5.41) is 6.03. The summed E-state index contributed by atoms with van der Waals surface area (Å²) in [4.78, 5) is 26.5. The lowest BCUT2D eigenvalue weighted by Crippen LogP contribution is -2.30. The predicted octanol–water partition coefficient (Wildman–Crippen LogP) is 4.06. The number of fused-ring (bicyclic) bond motifs is 1. The van der Waals surface area contributed by atoms with E-state index in [-0.39, 0.29) is 23.3 Å². The average Bonchev–Trinajstić information content (AvgIpc) is 3.40. The summed E-state index contributed by atoms with van der Waals surface area (Å²) in [6, 6.07) is 14.7. The Kier molecular flexibility index (Phi) is 6.53. The van der Waals surface area contributed by atoms with Crippen LogP contribution in [0.1, 0.15) is 44.5 Å². The van der Waals surface area contributed by atoms with E-state index in [1.165, 1.54) is 39.9 Å². The van der Waals surface area contributed by atoms with Crippen LogP contribution in [0.5, 0.6) is 0 Å². The molecule has 1 aromatic heterocycles. The third-order valence-electron chi connectivity index (χ3n) is 5.64. The zero-order valence-electron chi connectivity index (χ0n) is 18.4. The van der Waals surface area contributed by atoms with Crippen LogP contribution < -0.4 is 14.9 Å². The van der Waals surface area contributed by atoms with Gasteiger partial charge in [0, 0.05) is 24.0 Å². The molecule has 2 aromatic carbocycles. The van der Waals surface area contributed by atoms with Crippen LogP contribution in [0.15, 0.2) is 59.5 Å². The minimum Gasteiger partial charge on any atom is -0.355 e. The Bertz CT molecular complexity index is 1280. The SMILES string of the molecule is CCN(c1ccccc1)S(=O)(=O)c1ccc(C(=O)Nc2sc3c(c2C(=O)NC)CCC3)cc1. The van der Waals surface area contributed by atoms with Gasteiger partial charge in [0.05, 0.1) is 16.1 Å². The minimum absolute atomic E-state index is 0.103. The number of amides is 2. The van der Waals surface area contributed by atoms with Crippen LogP contribution in [0.4, 0.5) is 10.7 Å². The number of thiophene rings is 1. The second-order valence-corrected chi connectivity index (χ2v) is 10.6. The molecule has 0 bridgehead atoms. The summed E-state index contributed by atoms with van der Waals surface area (Å²) in [6.07, 6.45) is 2.74. The number of anilines is 2. The molecule has 4 rings (SSSR count). The predicted molar refractivity (Wildman–Crippen MR) is 131 cm³/mol. The molecule has 33 heavy (non-hydrogen) atoms. The number of rotatable bonds is 7. The zero-order chi connectivity index (χ0) is 23.6. The highest BCUT2D eigenvalue weighted by atomic mass is 32.2. The zero-order valence-corrected chi connectivity index (χ0v) is 20.1. The second-order valence-electron chi connectivity index (χ2n) is 7.62. The molecule has 0 aliphatic heterocycles. The Morgan fingerprint density at radius 1 is 1.00 bits per heavy atom. The fourth-order valence-electron chi connectivity index (χ4n) is 4.02. The first-order chi connectivity index (χ1) is 15.9. The maximum absolute atomic E-state index is 13.2. The first-order valence-corrected chi connectivity index (χ1v) is 13.0. The van der Waals surface area contributed by atoms with Crippen molar-refractivity contribution >= 4 is 43.9 Å². The quantitative estimate of drug-likeness (QED) is 0.530. The smallest absolute Gasteiger partial charge is 0.264 e. The molecule has 172 valence electrons. The van der Waals surface area contributed by atoms with E-state index in [0.29, 0.717) is 21.8 Å². The number of carbonyl (C=O) groups excluding carboxylic acids is 2. The number of sulfonamides is 1. The molecule has 0 unspecified atom stereocenters. The largest absolute Gasteiger partial charge is 0.355 e. The number of carbonyl (C=O) groups is 2. The average molecular weight is 484 g/mol. The van der Waals surface area contributed by atoms with Gasteiger partial charge in [-0.3, -0.25) is 13.9 Å². The highest BCUT2D eigenvalue weighted by Crippen LogP contribution is 2.39. The molecule has 0 saturated carbocycles. The maximum Gasteiger partial charge on any atom is 0.264 e. The van der Waals surface area contributed by atoms with E-state index < -0.39 is 10.0 Å². The first kappa shape index (κ1) is 23.0. The van der Waals surface area contributed by atoms with E-state index in [1.807, 2.05) is 6.07 Å². The molecule has 0 fully saturated rings. The standard InChI is InChI=1S/C24H25N3O4S2/c1-3-27(17-8-5-4-6-9-17)33(30,31)18-14-12-16(13-15-18)22(28)26-24-21(23(29)25-2)19-10-7-11-20(19)32-24/h4-6,8-9,12-15H,3,7,10-11H2,1-2H3,(H,25,29)(H,26,28). The summed E-state index contributed by atoms with van der Waals surface area (Å²) in [5.74, 6) is -0.605. The van der Waals surface area contributed by atoms with Gasteiger partial charge in [-0.1, -0.05) is 18.2 Å². The third-order valence-corrected chi connectivity index (χ3v) is 8.76. The fraction of sp³-hybridized carbons (Fsp3) is 0.250. The molecular formula is C24H25N3O4S2. The summed E-state index contributed by atoms with van der Waals surface area (Å²) in [7, 11) is -2.20. The number of nitrogens with one attached hydrogen (secondary N) is 2. The van der Waals surface area contributed by atoms with Crippen LogP contribution in [0.25, 0.3) is 0 Å². The highest BCUT2D eigenvalue weighted by molar-refractivity contribution is 7.92. The molecule has 2 amide bonds. The molecule has 2 N–H and O–H groups in total. The molecular weight excluding hydrogens is 458 g/mol. The molecule has 1 aliphatic rings. The molecule has 1 aliphatic carbocycles. The summed E-state index contributed by atoms with van der Waals surface area (Å²) in [6.45, 7) is 2.05. The fourth-order valence-corrected chi connectivity index (χ4v) is 6.78. The summed E-state index contributed by atoms with van der Waals surface area (Å²) >= 11 is 1.43. The van der Waals surface area contributed by atoms with Gasteiger partial charge in [0.25, 0.3) is 21.8 Å². The van der Waals surface area contributed by atoms with E-state index in [0.717, 1.165) is 29.7 Å². The summed E-state index contributed by atoms with van der Waals surface area (Å²) in [5.41, 5.74) is 2.43. The molecule has 0 saturated heterocycles.